The molecule has 7 nitrogen and oxygen atoms in total. The van der Waals surface area contributed by atoms with E-state index in [1.807, 2.05) is 63.1 Å². The van der Waals surface area contributed by atoms with Gasteiger partial charge in [-0.25, -0.2) is 9.59 Å². The van der Waals surface area contributed by atoms with Crippen LogP contribution < -0.4 is 5.69 Å². The largest absolute Gasteiger partial charge is 0.444 e. The molecular weight excluding hydrogens is 404 g/mol. The predicted molar refractivity (Wildman–Crippen MR) is 131 cm³/mol. The second-order valence-corrected chi connectivity index (χ2v) is 10.2. The number of carbonyl (C=O) groups is 1. The number of hydrogen-bond donors (Lipinski definition) is 1. The Hall–Kier alpha value is -2.28. The van der Waals surface area contributed by atoms with Gasteiger partial charge in [-0.2, -0.15) is 0 Å². The van der Waals surface area contributed by atoms with Gasteiger partial charge in [0.05, 0.1) is 11.0 Å². The Bertz CT molecular complexity index is 1000. The lowest BCUT2D eigenvalue weighted by Crippen LogP contribution is -2.52. The Morgan fingerprint density at radius 2 is 1.84 bits per heavy atom. The van der Waals surface area contributed by atoms with Crippen LogP contribution in [0, 0.1) is 6.92 Å². The molecule has 7 heteroatoms. The van der Waals surface area contributed by atoms with E-state index in [1.54, 1.807) is 0 Å². The van der Waals surface area contributed by atoms with Crippen LogP contribution in [-0.2, 0) is 4.74 Å². The van der Waals surface area contributed by atoms with Crippen molar-refractivity contribution in [3.8, 4) is 0 Å². The minimum atomic E-state index is -0.473. The normalized spacial score (nSPS) is 22.7. The summed E-state index contributed by atoms with van der Waals surface area (Å²) in [5, 5.41) is 0. The van der Waals surface area contributed by atoms with Crippen molar-refractivity contribution in [3.05, 3.63) is 34.2 Å². The number of imidazole rings is 1. The first-order valence-corrected chi connectivity index (χ1v) is 12.0. The van der Waals surface area contributed by atoms with Crippen molar-refractivity contribution >= 4 is 17.1 Å². The zero-order valence-electron chi connectivity index (χ0n) is 20.8. The van der Waals surface area contributed by atoms with Crippen LogP contribution in [0.2, 0.25) is 0 Å². The third kappa shape index (κ3) is 5.03. The van der Waals surface area contributed by atoms with Crippen LogP contribution >= 0.6 is 0 Å². The van der Waals surface area contributed by atoms with Gasteiger partial charge >= 0.3 is 11.8 Å². The van der Waals surface area contributed by atoms with Gasteiger partial charge in [0, 0.05) is 39.2 Å². The van der Waals surface area contributed by atoms with Gasteiger partial charge in [0.2, 0.25) is 0 Å². The number of H-pyrrole nitrogens is 1. The molecule has 1 N–H and O–H groups in total. The molecule has 1 unspecified atom stereocenters. The van der Waals surface area contributed by atoms with E-state index in [-0.39, 0.29) is 24.8 Å². The lowest BCUT2D eigenvalue weighted by molar-refractivity contribution is 0.0221. The zero-order chi connectivity index (χ0) is 23.7. The highest BCUT2D eigenvalue weighted by Crippen LogP contribution is 2.34. The summed E-state index contributed by atoms with van der Waals surface area (Å²) in [5.41, 5.74) is 2.53. The van der Waals surface area contributed by atoms with Gasteiger partial charge in [-0.05, 0) is 71.6 Å². The van der Waals surface area contributed by atoms with Crippen LogP contribution in [0.15, 0.2) is 23.0 Å². The Labute approximate surface area is 193 Å². The molecule has 2 aliphatic rings. The molecule has 1 aromatic heterocycles. The maximum absolute atomic E-state index is 12.6. The van der Waals surface area contributed by atoms with Gasteiger partial charge in [0.15, 0.2) is 0 Å². The number of nitrogens with one attached hydrogen (secondary N) is 1. The van der Waals surface area contributed by atoms with Crippen LogP contribution in [0.25, 0.3) is 11.0 Å². The van der Waals surface area contributed by atoms with Gasteiger partial charge in [-0.15, -0.1) is 0 Å². The topological polar surface area (TPSA) is 70.6 Å². The molecule has 0 spiro atoms. The SMILES string of the molecule is CC.Cc1ccc2c(c1)[nH]c(=O)n2C1CCN(C2(C)CCN(C(=O)OC(C)(C)C)C2)CC1.[HH]. The smallest absolute Gasteiger partial charge is 0.410 e. The number of fused-ring (bicyclic) bond motifs is 1. The summed E-state index contributed by atoms with van der Waals surface area (Å²) in [4.78, 5) is 32.4. The Morgan fingerprint density at radius 3 is 2.47 bits per heavy atom. The number of carbonyl (C=O) groups excluding carboxylic acids is 1. The highest BCUT2D eigenvalue weighted by molar-refractivity contribution is 5.76. The van der Waals surface area contributed by atoms with Gasteiger partial charge < -0.3 is 14.6 Å². The standard InChI is InChI=1S/C23H34N4O3.C2H6.H2/c1-16-6-7-19-18(14-16)24-20(28)27(19)17-8-11-26(12-9-17)23(5)10-13-25(15-23)21(29)30-22(2,3)4;1-2;/h6-7,14,17H,8-13,15H2,1-5H3,(H,24,28);1-2H3;1H. The molecule has 1 amide bonds. The predicted octanol–water partition coefficient (Wildman–Crippen LogP) is 4.95. The van der Waals surface area contributed by atoms with Gasteiger partial charge in [0.25, 0.3) is 0 Å². The number of aromatic nitrogens is 2. The van der Waals surface area contributed by atoms with Crippen molar-refractivity contribution in [1.29, 1.82) is 0 Å². The lowest BCUT2D eigenvalue weighted by Gasteiger charge is -2.43. The zero-order valence-corrected chi connectivity index (χ0v) is 20.8. The number of aryl methyl sites for hydroxylation is 1. The monoisotopic (exact) mass is 446 g/mol. The maximum Gasteiger partial charge on any atom is 0.410 e. The first-order valence-electron chi connectivity index (χ1n) is 12.0. The third-order valence-corrected chi connectivity index (χ3v) is 6.57. The quantitative estimate of drug-likeness (QED) is 0.709. The number of benzene rings is 1. The van der Waals surface area contributed by atoms with Crippen molar-refractivity contribution in [1.82, 2.24) is 19.4 Å². The molecule has 0 aliphatic carbocycles. The average Bonchev–Trinajstić information content (AvgIpc) is 3.28. The van der Waals surface area contributed by atoms with Crippen LogP contribution in [0.5, 0.6) is 0 Å². The summed E-state index contributed by atoms with van der Waals surface area (Å²) in [7, 11) is 0. The van der Waals surface area contributed by atoms with Crippen LogP contribution in [0.3, 0.4) is 0 Å². The first kappa shape index (κ1) is 24.4. The van der Waals surface area contributed by atoms with E-state index in [0.29, 0.717) is 6.54 Å². The number of aromatic amines is 1. The maximum atomic E-state index is 12.6. The second-order valence-electron chi connectivity index (χ2n) is 10.2. The highest BCUT2D eigenvalue weighted by Gasteiger charge is 2.43. The Morgan fingerprint density at radius 1 is 1.19 bits per heavy atom. The molecule has 0 saturated carbocycles. The van der Waals surface area contributed by atoms with Crippen molar-refractivity contribution in [2.75, 3.05) is 26.2 Å². The third-order valence-electron chi connectivity index (χ3n) is 6.57. The number of likely N-dealkylation sites (tertiary alicyclic amines) is 2. The van der Waals surface area contributed by atoms with E-state index in [1.165, 1.54) is 0 Å². The summed E-state index contributed by atoms with van der Waals surface area (Å²) in [5.74, 6) is 0. The van der Waals surface area contributed by atoms with E-state index in [0.717, 1.165) is 55.5 Å². The number of hydrogen-bond acceptors (Lipinski definition) is 4. The van der Waals surface area contributed by atoms with Crippen LogP contribution in [0.4, 0.5) is 4.79 Å². The molecule has 0 radical (unpaired) electrons. The van der Waals surface area contributed by atoms with E-state index in [4.69, 9.17) is 4.74 Å². The summed E-state index contributed by atoms with van der Waals surface area (Å²) < 4.78 is 7.50. The van der Waals surface area contributed by atoms with Crippen LogP contribution in [-0.4, -0.2) is 62.8 Å². The molecular formula is C25H42N4O3. The fourth-order valence-corrected chi connectivity index (χ4v) is 4.96. The van der Waals surface area contributed by atoms with Gasteiger partial charge in [-0.1, -0.05) is 19.9 Å². The molecule has 1 atom stereocenters. The molecule has 4 rings (SSSR count). The number of amides is 1. The second kappa shape index (κ2) is 9.30. The average molecular weight is 447 g/mol. The van der Waals surface area contributed by atoms with E-state index in [9.17, 15) is 9.59 Å². The minimum Gasteiger partial charge on any atom is -0.444 e. The Kier molecular flexibility index (Phi) is 7.08. The summed E-state index contributed by atoms with van der Waals surface area (Å²) in [6.45, 7) is 17.3. The molecule has 32 heavy (non-hydrogen) atoms. The fourth-order valence-electron chi connectivity index (χ4n) is 4.96. The molecule has 1 aromatic carbocycles. The summed E-state index contributed by atoms with van der Waals surface area (Å²) >= 11 is 0. The molecule has 3 heterocycles. The number of rotatable bonds is 2. The fraction of sp³-hybridized carbons (Fsp3) is 0.680. The molecule has 180 valence electrons. The van der Waals surface area contributed by atoms with Crippen molar-refractivity contribution in [2.24, 2.45) is 0 Å². The molecule has 2 fully saturated rings. The van der Waals surface area contributed by atoms with E-state index in [2.05, 4.69) is 22.9 Å². The number of nitrogens with zero attached hydrogens (tertiary/aromatic N) is 3. The van der Waals surface area contributed by atoms with Gasteiger partial charge in [0.1, 0.15) is 5.60 Å². The minimum absolute atomic E-state index is 0. The Balaban J connectivity index is 0.00000125. The van der Waals surface area contributed by atoms with Crippen molar-refractivity contribution in [3.63, 3.8) is 0 Å². The molecule has 2 aromatic rings. The summed E-state index contributed by atoms with van der Waals surface area (Å²) in [6.07, 6.45) is 2.59. The molecule has 2 saturated heterocycles. The molecule has 0 bridgehead atoms. The van der Waals surface area contributed by atoms with E-state index < -0.39 is 5.60 Å². The van der Waals surface area contributed by atoms with Crippen LogP contribution in [0.1, 0.15) is 73.8 Å². The number of piperidine rings is 1. The number of ether oxygens (including phenoxy) is 1. The first-order chi connectivity index (χ1) is 15.1. The molecule has 2 aliphatic heterocycles. The van der Waals surface area contributed by atoms with E-state index >= 15 is 0 Å². The van der Waals surface area contributed by atoms with Crippen molar-refractivity contribution < 1.29 is 11.0 Å². The highest BCUT2D eigenvalue weighted by atomic mass is 16.6. The van der Waals surface area contributed by atoms with Crippen molar-refractivity contribution in [2.45, 2.75) is 84.9 Å². The van der Waals surface area contributed by atoms with Gasteiger partial charge in [-0.3, -0.25) is 9.47 Å². The summed E-state index contributed by atoms with van der Waals surface area (Å²) in [6, 6.07) is 6.35. The lowest BCUT2D eigenvalue weighted by atomic mass is 9.93.